The van der Waals surface area contributed by atoms with Crippen molar-refractivity contribution in [2.24, 2.45) is 0 Å². The van der Waals surface area contributed by atoms with Crippen LogP contribution in [0.3, 0.4) is 0 Å². The van der Waals surface area contributed by atoms with E-state index in [-0.39, 0.29) is 0 Å². The lowest BCUT2D eigenvalue weighted by Crippen LogP contribution is -2.01. The van der Waals surface area contributed by atoms with Crippen molar-refractivity contribution in [3.8, 4) is 0 Å². The normalized spacial score (nSPS) is 11.6. The van der Waals surface area contributed by atoms with Crippen molar-refractivity contribution in [2.75, 3.05) is 0 Å². The Morgan fingerprint density at radius 3 is 0.596 bits per heavy atom. The zero-order chi connectivity index (χ0) is 40.8. The maximum absolute atomic E-state index is 2.46. The molecule has 0 atom stereocenters. The van der Waals surface area contributed by atoms with Crippen LogP contribution in [0.4, 0.5) is 0 Å². The SMILES string of the molecule is CCCCCCCCCCCCCCCCCCCCCCCCc1cccc(CCCCCCCCCCCCCCCCCCCCCCCC)c1CCC. The average molecular weight is 793 g/mol. The van der Waals surface area contributed by atoms with Crippen LogP contribution in [0.2, 0.25) is 0 Å². The summed E-state index contributed by atoms with van der Waals surface area (Å²) in [6, 6.07) is 7.30. The topological polar surface area (TPSA) is 0 Å². The molecule has 0 spiro atoms. The van der Waals surface area contributed by atoms with Crippen molar-refractivity contribution in [1.82, 2.24) is 0 Å². The molecule has 1 aromatic rings. The van der Waals surface area contributed by atoms with Gasteiger partial charge in [-0.3, -0.25) is 0 Å². The van der Waals surface area contributed by atoms with E-state index in [9.17, 15) is 0 Å². The van der Waals surface area contributed by atoms with Gasteiger partial charge in [0.15, 0.2) is 0 Å². The van der Waals surface area contributed by atoms with Gasteiger partial charge in [-0.05, 0) is 48.8 Å². The van der Waals surface area contributed by atoms with Crippen LogP contribution < -0.4 is 0 Å². The summed E-state index contributed by atoms with van der Waals surface area (Å²) < 4.78 is 0. The lowest BCUT2D eigenvalue weighted by molar-refractivity contribution is 0.519. The fourth-order valence-corrected chi connectivity index (χ4v) is 9.58. The van der Waals surface area contributed by atoms with E-state index in [4.69, 9.17) is 0 Å². The van der Waals surface area contributed by atoms with Gasteiger partial charge in [0.1, 0.15) is 0 Å². The third-order valence-electron chi connectivity index (χ3n) is 13.5. The molecule has 336 valence electrons. The zero-order valence-electron chi connectivity index (χ0n) is 40.2. The largest absolute Gasteiger partial charge is 0.0654 e. The van der Waals surface area contributed by atoms with E-state index in [1.807, 2.05) is 0 Å². The highest BCUT2D eigenvalue weighted by Crippen LogP contribution is 2.23. The van der Waals surface area contributed by atoms with Crippen molar-refractivity contribution in [3.63, 3.8) is 0 Å². The molecule has 1 aromatic carbocycles. The molecule has 0 aliphatic rings. The number of hydrogen-bond donors (Lipinski definition) is 0. The zero-order valence-corrected chi connectivity index (χ0v) is 40.2. The van der Waals surface area contributed by atoms with Gasteiger partial charge in [0.25, 0.3) is 0 Å². The fourth-order valence-electron chi connectivity index (χ4n) is 9.58. The van der Waals surface area contributed by atoms with E-state index in [1.165, 1.54) is 308 Å². The van der Waals surface area contributed by atoms with E-state index >= 15 is 0 Å². The van der Waals surface area contributed by atoms with Crippen LogP contribution in [-0.4, -0.2) is 0 Å². The van der Waals surface area contributed by atoms with E-state index in [1.54, 1.807) is 16.7 Å². The van der Waals surface area contributed by atoms with Crippen molar-refractivity contribution in [2.45, 2.75) is 329 Å². The van der Waals surface area contributed by atoms with E-state index in [0.717, 1.165) is 0 Å². The standard InChI is InChI=1S/C57H108/c1-4-7-9-11-13-15-17-19-21-23-25-27-29-31-33-35-37-39-41-43-45-47-51-55-53-49-54-56(57(55)50-6-3)52-48-46-44-42-40-38-36-34-32-30-28-26-24-22-20-18-16-14-12-10-8-5-2/h49,53-54H,4-48,50-52H2,1-3H3. The predicted octanol–water partition coefficient (Wildman–Crippen LogP) is 20.9. The smallest absolute Gasteiger partial charge is 0.0276 e. The summed E-state index contributed by atoms with van der Waals surface area (Å²) in [7, 11) is 0. The lowest BCUT2D eigenvalue weighted by atomic mass is 9.91. The van der Waals surface area contributed by atoms with E-state index < -0.39 is 0 Å². The molecule has 0 amide bonds. The van der Waals surface area contributed by atoms with E-state index in [0.29, 0.717) is 0 Å². The molecule has 0 heteroatoms. The Kier molecular flexibility index (Phi) is 44.0. The molecule has 0 bridgehead atoms. The first kappa shape index (κ1) is 54.2. The number of benzene rings is 1. The van der Waals surface area contributed by atoms with Crippen LogP contribution in [-0.2, 0) is 19.3 Å². The Bertz CT molecular complexity index is 816. The summed E-state index contributed by atoms with van der Waals surface area (Å²) in [6.07, 6.45) is 69.6. The van der Waals surface area contributed by atoms with Gasteiger partial charge in [0.05, 0.1) is 0 Å². The second-order valence-corrected chi connectivity index (χ2v) is 19.2. The molecule has 0 unspecified atom stereocenters. The monoisotopic (exact) mass is 793 g/mol. The van der Waals surface area contributed by atoms with Crippen LogP contribution in [0.25, 0.3) is 0 Å². The molecule has 0 fully saturated rings. The third-order valence-corrected chi connectivity index (χ3v) is 13.5. The van der Waals surface area contributed by atoms with Gasteiger partial charge < -0.3 is 0 Å². The molecule has 0 aliphatic heterocycles. The Labute approximate surface area is 362 Å². The first-order valence-corrected chi connectivity index (χ1v) is 27.4. The highest BCUT2D eigenvalue weighted by Gasteiger charge is 2.08. The molecule has 0 N–H and O–H groups in total. The van der Waals surface area contributed by atoms with Gasteiger partial charge >= 0.3 is 0 Å². The van der Waals surface area contributed by atoms with Gasteiger partial charge in [0, 0.05) is 0 Å². The molecule has 0 saturated carbocycles. The third kappa shape index (κ3) is 37.9. The summed E-state index contributed by atoms with van der Waals surface area (Å²) in [5.74, 6) is 0. The number of rotatable bonds is 48. The minimum Gasteiger partial charge on any atom is -0.0654 e. The highest BCUT2D eigenvalue weighted by atomic mass is 14.1. The first-order valence-electron chi connectivity index (χ1n) is 27.4. The molecular formula is C57H108. The molecule has 0 radical (unpaired) electrons. The predicted molar refractivity (Wildman–Crippen MR) is 262 cm³/mol. The van der Waals surface area contributed by atoms with Crippen molar-refractivity contribution in [3.05, 3.63) is 34.9 Å². The first-order chi connectivity index (χ1) is 28.3. The summed E-state index contributed by atoms with van der Waals surface area (Å²) in [5, 5.41) is 0. The molecular weight excluding hydrogens is 685 g/mol. The summed E-state index contributed by atoms with van der Waals surface area (Å²) in [6.45, 7) is 7.00. The Balaban J connectivity index is 1.93. The van der Waals surface area contributed by atoms with Crippen LogP contribution >= 0.6 is 0 Å². The quantitative estimate of drug-likeness (QED) is 0.0577. The van der Waals surface area contributed by atoms with Gasteiger partial charge in [-0.2, -0.15) is 0 Å². The maximum atomic E-state index is 2.46. The molecule has 0 aliphatic carbocycles. The lowest BCUT2D eigenvalue weighted by Gasteiger charge is -2.15. The molecule has 57 heavy (non-hydrogen) atoms. The van der Waals surface area contributed by atoms with Crippen molar-refractivity contribution >= 4 is 0 Å². The molecule has 0 aromatic heterocycles. The highest BCUT2D eigenvalue weighted by molar-refractivity contribution is 5.36. The summed E-state index contributed by atoms with van der Waals surface area (Å²) in [4.78, 5) is 0. The van der Waals surface area contributed by atoms with Gasteiger partial charge in [0.2, 0.25) is 0 Å². The van der Waals surface area contributed by atoms with Gasteiger partial charge in [-0.25, -0.2) is 0 Å². The van der Waals surface area contributed by atoms with Crippen molar-refractivity contribution < 1.29 is 0 Å². The molecule has 1 rings (SSSR count). The van der Waals surface area contributed by atoms with Crippen molar-refractivity contribution in [1.29, 1.82) is 0 Å². The maximum Gasteiger partial charge on any atom is -0.0276 e. The number of hydrogen-bond acceptors (Lipinski definition) is 0. The fraction of sp³-hybridized carbons (Fsp3) is 0.895. The minimum absolute atomic E-state index is 1.28. The summed E-state index contributed by atoms with van der Waals surface area (Å²) >= 11 is 0. The van der Waals surface area contributed by atoms with Crippen LogP contribution in [0.5, 0.6) is 0 Å². The van der Waals surface area contributed by atoms with Gasteiger partial charge in [-0.15, -0.1) is 0 Å². The molecule has 0 heterocycles. The minimum atomic E-state index is 1.28. The Hall–Kier alpha value is -0.780. The Morgan fingerprint density at radius 2 is 0.404 bits per heavy atom. The van der Waals surface area contributed by atoms with Crippen LogP contribution in [0, 0.1) is 0 Å². The average Bonchev–Trinajstić information content (AvgIpc) is 3.22. The summed E-state index contributed by atoms with van der Waals surface area (Å²) in [5.41, 5.74) is 5.09. The van der Waals surface area contributed by atoms with Gasteiger partial charge in [-0.1, -0.05) is 315 Å². The second kappa shape index (κ2) is 46.3. The van der Waals surface area contributed by atoms with Crippen LogP contribution in [0.1, 0.15) is 326 Å². The second-order valence-electron chi connectivity index (χ2n) is 19.2. The number of unbranched alkanes of at least 4 members (excludes halogenated alkanes) is 42. The van der Waals surface area contributed by atoms with Crippen LogP contribution in [0.15, 0.2) is 18.2 Å². The Morgan fingerprint density at radius 1 is 0.211 bits per heavy atom. The molecule has 0 nitrogen and oxygen atoms in total. The molecule has 0 saturated heterocycles. The van der Waals surface area contributed by atoms with E-state index in [2.05, 4.69) is 39.0 Å². The number of aryl methyl sites for hydroxylation is 2.